The summed E-state index contributed by atoms with van der Waals surface area (Å²) in [6.07, 6.45) is 2.03. The zero-order chi connectivity index (χ0) is 17.8. The van der Waals surface area contributed by atoms with Crippen LogP contribution in [0.1, 0.15) is 38.7 Å². The highest BCUT2D eigenvalue weighted by Crippen LogP contribution is 2.28. The highest BCUT2D eigenvalue weighted by atomic mass is 79.9. The van der Waals surface area contributed by atoms with Crippen LogP contribution in [0.15, 0.2) is 22.7 Å². The molecule has 0 spiro atoms. The third-order valence-corrected chi connectivity index (χ3v) is 4.46. The van der Waals surface area contributed by atoms with Crippen LogP contribution in [0, 0.1) is 0 Å². The van der Waals surface area contributed by atoms with E-state index in [0.29, 0.717) is 13.2 Å². The Kier molecular flexibility index (Phi) is 6.04. The van der Waals surface area contributed by atoms with Crippen LogP contribution in [0.4, 0.5) is 0 Å². The molecule has 6 heteroatoms. The molecule has 0 aliphatic rings. The molecule has 1 aromatic carbocycles. The van der Waals surface area contributed by atoms with Gasteiger partial charge in [-0.2, -0.15) is 0 Å². The normalized spacial score (nSPS) is 11.9. The molecule has 0 unspecified atom stereocenters. The van der Waals surface area contributed by atoms with Gasteiger partial charge in [0.05, 0.1) is 28.3 Å². The van der Waals surface area contributed by atoms with Crippen molar-refractivity contribution in [1.82, 2.24) is 15.0 Å². The number of rotatable bonds is 8. The van der Waals surface area contributed by atoms with E-state index in [-0.39, 0.29) is 6.10 Å². The number of benzene rings is 1. The number of nitrogens with one attached hydrogen (secondary N) is 1. The van der Waals surface area contributed by atoms with Gasteiger partial charge in [0, 0.05) is 23.1 Å². The van der Waals surface area contributed by atoms with Crippen molar-refractivity contribution in [3.8, 4) is 0 Å². The molecule has 0 saturated carbocycles. The molecule has 0 atom stereocenters. The highest BCUT2D eigenvalue weighted by molar-refractivity contribution is 9.10. The van der Waals surface area contributed by atoms with Crippen LogP contribution in [0.25, 0.3) is 21.9 Å². The van der Waals surface area contributed by atoms with Gasteiger partial charge in [0.1, 0.15) is 12.4 Å². The number of aryl methyl sites for hydroxylation is 1. The van der Waals surface area contributed by atoms with Gasteiger partial charge in [-0.25, -0.2) is 4.98 Å². The van der Waals surface area contributed by atoms with E-state index >= 15 is 0 Å². The average molecular weight is 406 g/mol. The summed E-state index contributed by atoms with van der Waals surface area (Å²) in [7, 11) is 0. The molecule has 0 amide bonds. The van der Waals surface area contributed by atoms with Crippen molar-refractivity contribution in [2.75, 3.05) is 13.2 Å². The molecular weight excluding hydrogens is 382 g/mol. The minimum Gasteiger partial charge on any atom is -0.379 e. The molecule has 0 saturated heterocycles. The van der Waals surface area contributed by atoms with Gasteiger partial charge in [-0.15, -0.1) is 0 Å². The molecule has 5 nitrogen and oxygen atoms in total. The Morgan fingerprint density at radius 1 is 1.24 bits per heavy atom. The number of H-pyrrole nitrogens is 1. The van der Waals surface area contributed by atoms with Crippen molar-refractivity contribution in [2.45, 2.75) is 46.3 Å². The first-order chi connectivity index (χ1) is 12.1. The minimum atomic E-state index is 0.255. The third kappa shape index (κ3) is 4.37. The Balaban J connectivity index is 1.98. The van der Waals surface area contributed by atoms with Gasteiger partial charge >= 0.3 is 0 Å². The van der Waals surface area contributed by atoms with Gasteiger partial charge in [0.2, 0.25) is 0 Å². The number of pyridine rings is 1. The predicted octanol–water partition coefficient (Wildman–Crippen LogP) is 4.77. The van der Waals surface area contributed by atoms with E-state index in [1.54, 1.807) is 0 Å². The lowest BCUT2D eigenvalue weighted by Crippen LogP contribution is -2.05. The molecule has 0 aliphatic heterocycles. The number of hydrogen-bond acceptors (Lipinski definition) is 4. The fraction of sp³-hybridized carbons (Fsp3) is 0.474. The summed E-state index contributed by atoms with van der Waals surface area (Å²) in [5, 5.41) is 1.05. The number of ether oxygens (including phenoxy) is 2. The second kappa shape index (κ2) is 8.25. The largest absolute Gasteiger partial charge is 0.379 e. The summed E-state index contributed by atoms with van der Waals surface area (Å²) in [6, 6.07) is 6.13. The predicted molar refractivity (Wildman–Crippen MR) is 104 cm³/mol. The van der Waals surface area contributed by atoms with Crippen molar-refractivity contribution in [3.05, 3.63) is 34.2 Å². The van der Waals surface area contributed by atoms with Gasteiger partial charge in [-0.3, -0.25) is 4.98 Å². The van der Waals surface area contributed by atoms with Gasteiger partial charge < -0.3 is 14.5 Å². The van der Waals surface area contributed by atoms with Crippen LogP contribution in [-0.2, 0) is 22.5 Å². The Bertz CT molecular complexity index is 861. The molecule has 0 fully saturated rings. The number of aromatic nitrogens is 3. The molecule has 2 aromatic heterocycles. The zero-order valence-electron chi connectivity index (χ0n) is 14.9. The SMILES string of the molecule is CCOCc1nc2c([nH]1)c(CCCOC(C)C)nc1cc(Br)ccc12. The van der Waals surface area contributed by atoms with Crippen molar-refractivity contribution in [3.63, 3.8) is 0 Å². The van der Waals surface area contributed by atoms with E-state index in [9.17, 15) is 0 Å². The molecule has 3 aromatic rings. The fourth-order valence-corrected chi connectivity index (χ4v) is 3.18. The third-order valence-electron chi connectivity index (χ3n) is 3.96. The second-order valence-electron chi connectivity index (χ2n) is 6.29. The van der Waals surface area contributed by atoms with Crippen LogP contribution in [0.5, 0.6) is 0 Å². The Labute approximate surface area is 156 Å². The maximum absolute atomic E-state index is 5.66. The first kappa shape index (κ1) is 18.3. The molecular formula is C19H24BrN3O2. The number of nitrogens with zero attached hydrogens (tertiary/aromatic N) is 2. The molecule has 134 valence electrons. The lowest BCUT2D eigenvalue weighted by Gasteiger charge is -2.08. The standard InChI is InChI=1S/C19H24BrN3O2/c1-4-24-11-17-22-18-14-8-7-13(20)10-16(14)21-15(19(18)23-17)6-5-9-25-12(2)3/h7-8,10,12H,4-6,9,11H2,1-3H3,(H,22,23). The van der Waals surface area contributed by atoms with Crippen molar-refractivity contribution in [2.24, 2.45) is 0 Å². The molecule has 2 heterocycles. The van der Waals surface area contributed by atoms with E-state index in [1.165, 1.54) is 0 Å². The number of imidazole rings is 1. The summed E-state index contributed by atoms with van der Waals surface area (Å²) in [6.45, 7) is 7.98. The zero-order valence-corrected chi connectivity index (χ0v) is 16.5. The van der Waals surface area contributed by atoms with Crippen molar-refractivity contribution < 1.29 is 9.47 Å². The van der Waals surface area contributed by atoms with Gasteiger partial charge in [0.25, 0.3) is 0 Å². The first-order valence-corrected chi connectivity index (χ1v) is 9.54. The Morgan fingerprint density at radius 2 is 2.08 bits per heavy atom. The second-order valence-corrected chi connectivity index (χ2v) is 7.20. The average Bonchev–Trinajstić information content (AvgIpc) is 3.00. The van der Waals surface area contributed by atoms with E-state index in [4.69, 9.17) is 19.4 Å². The van der Waals surface area contributed by atoms with Crippen LogP contribution in [-0.4, -0.2) is 34.3 Å². The molecule has 0 aliphatic carbocycles. The monoisotopic (exact) mass is 405 g/mol. The van der Waals surface area contributed by atoms with Crippen molar-refractivity contribution in [1.29, 1.82) is 0 Å². The summed E-state index contributed by atoms with van der Waals surface area (Å²) < 4.78 is 12.2. The van der Waals surface area contributed by atoms with E-state index in [2.05, 4.69) is 40.8 Å². The first-order valence-electron chi connectivity index (χ1n) is 8.74. The maximum atomic E-state index is 5.66. The van der Waals surface area contributed by atoms with Gasteiger partial charge in [0.15, 0.2) is 0 Å². The summed E-state index contributed by atoms with van der Waals surface area (Å²) in [5.74, 6) is 0.841. The smallest absolute Gasteiger partial charge is 0.133 e. The number of hydrogen-bond donors (Lipinski definition) is 1. The fourth-order valence-electron chi connectivity index (χ4n) is 2.83. The Morgan fingerprint density at radius 3 is 2.84 bits per heavy atom. The quantitative estimate of drug-likeness (QED) is 0.548. The molecule has 0 radical (unpaired) electrons. The van der Waals surface area contributed by atoms with Crippen LogP contribution < -0.4 is 0 Å². The summed E-state index contributed by atoms with van der Waals surface area (Å²) >= 11 is 3.53. The Hall–Kier alpha value is -1.50. The number of halogens is 1. The van der Waals surface area contributed by atoms with E-state index in [0.717, 1.165) is 57.4 Å². The van der Waals surface area contributed by atoms with Gasteiger partial charge in [-0.05, 0) is 51.8 Å². The minimum absolute atomic E-state index is 0.255. The molecule has 3 rings (SSSR count). The van der Waals surface area contributed by atoms with E-state index < -0.39 is 0 Å². The van der Waals surface area contributed by atoms with Crippen LogP contribution in [0.3, 0.4) is 0 Å². The van der Waals surface area contributed by atoms with Gasteiger partial charge in [-0.1, -0.05) is 15.9 Å². The maximum Gasteiger partial charge on any atom is 0.133 e. The highest BCUT2D eigenvalue weighted by Gasteiger charge is 2.14. The summed E-state index contributed by atoms with van der Waals surface area (Å²) in [4.78, 5) is 13.0. The van der Waals surface area contributed by atoms with Crippen LogP contribution >= 0.6 is 15.9 Å². The summed E-state index contributed by atoms with van der Waals surface area (Å²) in [5.41, 5.74) is 3.96. The molecule has 0 bridgehead atoms. The molecule has 1 N–H and O–H groups in total. The number of aromatic amines is 1. The van der Waals surface area contributed by atoms with E-state index in [1.807, 2.05) is 19.1 Å². The number of fused-ring (bicyclic) bond motifs is 3. The lowest BCUT2D eigenvalue weighted by atomic mass is 10.1. The van der Waals surface area contributed by atoms with Crippen LogP contribution in [0.2, 0.25) is 0 Å². The topological polar surface area (TPSA) is 60.0 Å². The molecule has 25 heavy (non-hydrogen) atoms. The lowest BCUT2D eigenvalue weighted by molar-refractivity contribution is 0.0771. The van der Waals surface area contributed by atoms with Crippen molar-refractivity contribution >= 4 is 37.9 Å².